The highest BCUT2D eigenvalue weighted by Gasteiger charge is 2.41. The highest BCUT2D eigenvalue weighted by molar-refractivity contribution is 5.73. The third kappa shape index (κ3) is 5.26. The monoisotopic (exact) mass is 437 g/mol. The first-order valence-corrected chi connectivity index (χ1v) is 11.9. The van der Waals surface area contributed by atoms with E-state index in [0.29, 0.717) is 29.9 Å². The summed E-state index contributed by atoms with van der Waals surface area (Å²) in [5.41, 5.74) is 3.30. The maximum Gasteiger partial charge on any atom is 0.308 e. The molecule has 2 N–H and O–H groups in total. The minimum atomic E-state index is -0.341. The molecule has 0 amide bonds. The number of fused-ring (bicyclic) bond motifs is 3. The molecule has 0 saturated heterocycles. The SMILES string of the molecule is CC(=O)Oc1cc(OC(C)CCCc2ccccc2)cc2c1[C@@H]1C[C@H](O)CC[C@H]1[C@H](C)N2. The normalized spacial score (nSPS) is 25.1. The second-order valence-corrected chi connectivity index (χ2v) is 9.45. The largest absolute Gasteiger partial charge is 0.491 e. The predicted octanol–water partition coefficient (Wildman–Crippen LogP) is 5.46. The molecule has 4 rings (SSSR count). The molecule has 0 radical (unpaired) electrons. The molecular formula is C27H35NO4. The Bertz CT molecular complexity index is 929. The lowest BCUT2D eigenvalue weighted by Gasteiger charge is -2.44. The van der Waals surface area contributed by atoms with Crippen LogP contribution in [0.2, 0.25) is 0 Å². The van der Waals surface area contributed by atoms with Gasteiger partial charge in [-0.2, -0.15) is 0 Å². The molecule has 32 heavy (non-hydrogen) atoms. The average Bonchev–Trinajstić information content (AvgIpc) is 2.73. The van der Waals surface area contributed by atoms with Crippen LogP contribution in [0, 0.1) is 5.92 Å². The van der Waals surface area contributed by atoms with E-state index in [0.717, 1.165) is 43.4 Å². The van der Waals surface area contributed by atoms with Crippen molar-refractivity contribution >= 4 is 11.7 Å². The quantitative estimate of drug-likeness (QED) is 0.445. The highest BCUT2D eigenvalue weighted by atomic mass is 16.5. The fourth-order valence-corrected chi connectivity index (χ4v) is 5.39. The van der Waals surface area contributed by atoms with Crippen molar-refractivity contribution in [2.45, 2.75) is 83.5 Å². The Balaban J connectivity index is 1.51. The molecule has 0 aromatic heterocycles. The second kappa shape index (κ2) is 9.95. The van der Waals surface area contributed by atoms with Gasteiger partial charge in [-0.05, 0) is 69.8 Å². The molecule has 172 valence electrons. The van der Waals surface area contributed by atoms with E-state index in [-0.39, 0.29) is 24.1 Å². The predicted molar refractivity (Wildman–Crippen MR) is 126 cm³/mol. The van der Waals surface area contributed by atoms with E-state index in [9.17, 15) is 9.90 Å². The smallest absolute Gasteiger partial charge is 0.308 e. The summed E-state index contributed by atoms with van der Waals surface area (Å²) in [7, 11) is 0. The molecule has 2 aliphatic rings. The molecule has 1 fully saturated rings. The van der Waals surface area contributed by atoms with Crippen LogP contribution in [0.4, 0.5) is 5.69 Å². The van der Waals surface area contributed by atoms with E-state index in [1.807, 2.05) is 18.2 Å². The van der Waals surface area contributed by atoms with Crippen LogP contribution in [0.1, 0.15) is 69.9 Å². The van der Waals surface area contributed by atoms with Crippen molar-refractivity contribution in [1.29, 1.82) is 0 Å². The molecule has 1 aliphatic heterocycles. The van der Waals surface area contributed by atoms with Crippen LogP contribution in [-0.4, -0.2) is 29.3 Å². The highest BCUT2D eigenvalue weighted by Crippen LogP contribution is 2.51. The fourth-order valence-electron chi connectivity index (χ4n) is 5.39. The Labute approximate surface area is 191 Å². The Kier molecular flexibility index (Phi) is 7.04. The Morgan fingerprint density at radius 3 is 2.75 bits per heavy atom. The third-order valence-corrected chi connectivity index (χ3v) is 6.90. The van der Waals surface area contributed by atoms with Gasteiger partial charge in [-0.25, -0.2) is 0 Å². The van der Waals surface area contributed by atoms with Crippen molar-refractivity contribution in [1.82, 2.24) is 0 Å². The molecule has 0 spiro atoms. The van der Waals surface area contributed by atoms with E-state index in [1.54, 1.807) is 0 Å². The van der Waals surface area contributed by atoms with Crippen LogP contribution >= 0.6 is 0 Å². The van der Waals surface area contributed by atoms with Crippen molar-refractivity contribution in [3.05, 3.63) is 53.6 Å². The molecule has 1 aliphatic carbocycles. The first-order valence-electron chi connectivity index (χ1n) is 11.9. The number of ether oxygens (including phenoxy) is 2. The van der Waals surface area contributed by atoms with Crippen molar-refractivity contribution in [3.8, 4) is 11.5 Å². The van der Waals surface area contributed by atoms with Crippen LogP contribution in [0.5, 0.6) is 11.5 Å². The first kappa shape index (κ1) is 22.7. The lowest BCUT2D eigenvalue weighted by Crippen LogP contribution is -2.40. The van der Waals surface area contributed by atoms with Gasteiger partial charge in [-0.3, -0.25) is 4.79 Å². The van der Waals surface area contributed by atoms with Gasteiger partial charge in [0.05, 0.1) is 12.2 Å². The summed E-state index contributed by atoms with van der Waals surface area (Å²) in [6.45, 7) is 5.71. The Morgan fingerprint density at radius 1 is 1.22 bits per heavy atom. The lowest BCUT2D eigenvalue weighted by molar-refractivity contribution is -0.131. The number of aliphatic hydroxyl groups excluding tert-OH is 1. The van der Waals surface area contributed by atoms with Crippen molar-refractivity contribution in [2.75, 3.05) is 5.32 Å². The molecule has 2 aromatic carbocycles. The van der Waals surface area contributed by atoms with E-state index < -0.39 is 0 Å². The number of hydrogen-bond acceptors (Lipinski definition) is 5. The van der Waals surface area contributed by atoms with Gasteiger partial charge in [0, 0.05) is 36.3 Å². The van der Waals surface area contributed by atoms with E-state index in [2.05, 4.69) is 43.4 Å². The minimum absolute atomic E-state index is 0.0483. The zero-order valence-corrected chi connectivity index (χ0v) is 19.3. The number of esters is 1. The molecule has 1 unspecified atom stereocenters. The lowest BCUT2D eigenvalue weighted by atomic mass is 9.68. The summed E-state index contributed by atoms with van der Waals surface area (Å²) in [6, 6.07) is 14.7. The number of aliphatic hydroxyl groups is 1. The first-order chi connectivity index (χ1) is 15.4. The number of benzene rings is 2. The van der Waals surface area contributed by atoms with Crippen LogP contribution in [0.25, 0.3) is 0 Å². The van der Waals surface area contributed by atoms with Crippen molar-refractivity contribution < 1.29 is 19.4 Å². The summed E-state index contributed by atoms with van der Waals surface area (Å²) in [5.74, 6) is 1.53. The summed E-state index contributed by atoms with van der Waals surface area (Å²) in [6.07, 6.45) is 5.25. The molecule has 0 bridgehead atoms. The number of nitrogens with one attached hydrogen (secondary N) is 1. The van der Waals surface area contributed by atoms with Gasteiger partial charge in [0.25, 0.3) is 0 Å². The third-order valence-electron chi connectivity index (χ3n) is 6.90. The van der Waals surface area contributed by atoms with Crippen LogP contribution in [0.15, 0.2) is 42.5 Å². The molecule has 5 atom stereocenters. The zero-order valence-electron chi connectivity index (χ0n) is 19.3. The van der Waals surface area contributed by atoms with Crippen molar-refractivity contribution in [2.24, 2.45) is 5.92 Å². The van der Waals surface area contributed by atoms with Crippen LogP contribution in [0.3, 0.4) is 0 Å². The van der Waals surface area contributed by atoms with Gasteiger partial charge >= 0.3 is 5.97 Å². The maximum atomic E-state index is 11.9. The number of hydrogen-bond donors (Lipinski definition) is 2. The zero-order chi connectivity index (χ0) is 22.7. The van der Waals surface area contributed by atoms with Gasteiger partial charge in [0.2, 0.25) is 0 Å². The number of aryl methyl sites for hydroxylation is 1. The molecule has 5 heteroatoms. The topological polar surface area (TPSA) is 67.8 Å². The van der Waals surface area contributed by atoms with E-state index >= 15 is 0 Å². The average molecular weight is 438 g/mol. The van der Waals surface area contributed by atoms with Crippen LogP contribution < -0.4 is 14.8 Å². The van der Waals surface area contributed by atoms with Gasteiger partial charge in [0.1, 0.15) is 11.5 Å². The summed E-state index contributed by atoms with van der Waals surface area (Å²) in [5, 5.41) is 13.9. The number of carbonyl (C=O) groups is 1. The van der Waals surface area contributed by atoms with E-state index in [4.69, 9.17) is 9.47 Å². The van der Waals surface area contributed by atoms with Crippen LogP contribution in [-0.2, 0) is 11.2 Å². The molecule has 1 heterocycles. The maximum absolute atomic E-state index is 11.9. The molecular weight excluding hydrogens is 402 g/mol. The van der Waals surface area contributed by atoms with Gasteiger partial charge in [-0.1, -0.05) is 30.3 Å². The Morgan fingerprint density at radius 2 is 2.00 bits per heavy atom. The van der Waals surface area contributed by atoms with Crippen molar-refractivity contribution in [3.63, 3.8) is 0 Å². The number of anilines is 1. The summed E-state index contributed by atoms with van der Waals surface area (Å²) >= 11 is 0. The van der Waals surface area contributed by atoms with Gasteiger partial charge < -0.3 is 19.9 Å². The minimum Gasteiger partial charge on any atom is -0.491 e. The standard InChI is InChI=1S/C27H35NO4/c1-17(8-7-11-20-9-5-4-6-10-20)31-22-15-25-27(26(16-22)32-19(3)29)24-14-21(30)12-13-23(24)18(2)28-25/h4-6,9-10,15-18,21,23-24,28,30H,7-8,11-14H2,1-3H3/t17?,18-,21+,23-,24+/m0/s1. The number of carbonyl (C=O) groups excluding carboxylic acids is 1. The molecule has 2 aromatic rings. The fraction of sp³-hybridized carbons (Fsp3) is 0.519. The van der Waals surface area contributed by atoms with Gasteiger partial charge in [0.15, 0.2) is 0 Å². The van der Waals surface area contributed by atoms with E-state index in [1.165, 1.54) is 12.5 Å². The second-order valence-electron chi connectivity index (χ2n) is 9.45. The summed E-state index contributed by atoms with van der Waals surface area (Å²) < 4.78 is 11.9. The van der Waals surface area contributed by atoms with Gasteiger partial charge in [-0.15, -0.1) is 0 Å². The number of rotatable bonds is 7. The molecule has 1 saturated carbocycles. The summed E-state index contributed by atoms with van der Waals surface area (Å²) in [4.78, 5) is 11.9. The Hall–Kier alpha value is -2.53. The molecule has 5 nitrogen and oxygen atoms in total.